The van der Waals surface area contributed by atoms with Crippen molar-refractivity contribution < 1.29 is 23.8 Å². The number of fused-ring (bicyclic) bond motifs is 2. The molecule has 0 saturated carbocycles. The van der Waals surface area contributed by atoms with E-state index in [4.69, 9.17) is 28.9 Å². The summed E-state index contributed by atoms with van der Waals surface area (Å²) in [6.45, 7) is 3.92. The Morgan fingerprint density at radius 1 is 0.667 bits per heavy atom. The van der Waals surface area contributed by atoms with Crippen molar-refractivity contribution in [3.8, 4) is 11.5 Å². The van der Waals surface area contributed by atoms with Gasteiger partial charge in [0.05, 0.1) is 16.6 Å². The van der Waals surface area contributed by atoms with E-state index in [9.17, 15) is 23.8 Å². The molecule has 4 aromatic carbocycles. The number of aromatic nitrogens is 4. The third kappa shape index (κ3) is 11.0. The minimum atomic E-state index is -0.755. The third-order valence-corrected chi connectivity index (χ3v) is 8.91. The zero-order chi connectivity index (χ0) is 40.9. The first kappa shape index (κ1) is 41.5. The van der Waals surface area contributed by atoms with Crippen LogP contribution in [0.25, 0.3) is 21.8 Å². The van der Waals surface area contributed by atoms with Gasteiger partial charge in [0.1, 0.15) is 45.8 Å². The SMILES string of the molecule is Cc1ccnc(N)c1.Cc1ccnc(NC(c2ccc3cccnc3c2O)c2c(F)cccc2Cl)c1.O=Cc1c(F)cccc1Cl.Oc1cccc2cccnc12. The highest BCUT2D eigenvalue weighted by atomic mass is 35.5. The van der Waals surface area contributed by atoms with E-state index in [2.05, 4.69) is 25.3 Å². The number of hydrogen-bond acceptors (Lipinski definition) is 9. The summed E-state index contributed by atoms with van der Waals surface area (Å²) in [5, 5.41) is 25.6. The Labute approximate surface area is 337 Å². The molecule has 0 aliphatic heterocycles. The van der Waals surface area contributed by atoms with Crippen molar-refractivity contribution in [3.05, 3.63) is 190 Å². The highest BCUT2D eigenvalue weighted by molar-refractivity contribution is 6.33. The van der Waals surface area contributed by atoms with Gasteiger partial charge in [-0.15, -0.1) is 0 Å². The number of halogens is 4. The van der Waals surface area contributed by atoms with Gasteiger partial charge in [0, 0.05) is 51.7 Å². The number of aromatic hydroxyl groups is 2. The van der Waals surface area contributed by atoms with Crippen LogP contribution in [0.2, 0.25) is 10.0 Å². The molecule has 1 atom stereocenters. The third-order valence-electron chi connectivity index (χ3n) is 8.25. The zero-order valence-corrected chi connectivity index (χ0v) is 32.1. The number of nitrogens with two attached hydrogens (primary N) is 1. The van der Waals surface area contributed by atoms with Gasteiger partial charge in [0.15, 0.2) is 6.29 Å². The lowest BCUT2D eigenvalue weighted by atomic mass is 9.95. The average molecular weight is 806 g/mol. The molecule has 57 heavy (non-hydrogen) atoms. The number of nitrogen functional groups attached to an aromatic ring is 1. The summed E-state index contributed by atoms with van der Waals surface area (Å²) in [5.74, 6) is 0.293. The summed E-state index contributed by atoms with van der Waals surface area (Å²) < 4.78 is 27.3. The molecular formula is C44H36Cl2F2N6O3. The van der Waals surface area contributed by atoms with Crippen LogP contribution < -0.4 is 11.1 Å². The highest BCUT2D eigenvalue weighted by Crippen LogP contribution is 2.39. The first-order valence-electron chi connectivity index (χ1n) is 17.3. The molecule has 1 unspecified atom stereocenters. The van der Waals surface area contributed by atoms with Crippen molar-refractivity contribution in [2.75, 3.05) is 11.1 Å². The number of phenolic OH excluding ortho intramolecular Hbond substituents is 2. The monoisotopic (exact) mass is 804 g/mol. The van der Waals surface area contributed by atoms with Gasteiger partial charge in [-0.2, -0.15) is 0 Å². The van der Waals surface area contributed by atoms with Crippen molar-refractivity contribution in [1.82, 2.24) is 19.9 Å². The number of para-hydroxylation sites is 1. The Kier molecular flexibility index (Phi) is 14.4. The van der Waals surface area contributed by atoms with Crippen molar-refractivity contribution in [1.29, 1.82) is 0 Å². The molecule has 0 saturated heterocycles. The second kappa shape index (κ2) is 19.8. The molecule has 5 N–H and O–H groups in total. The van der Waals surface area contributed by atoms with E-state index in [1.807, 2.05) is 68.4 Å². The number of nitrogens with one attached hydrogen (secondary N) is 1. The largest absolute Gasteiger partial charge is 0.506 e. The molecule has 0 aliphatic carbocycles. The molecule has 0 fully saturated rings. The molecule has 0 spiro atoms. The molecule has 0 bridgehead atoms. The minimum absolute atomic E-state index is 0.0254. The standard InChI is InChI=1S/C22H17ClFN3O.C9H7NO.C7H4ClFO.C6H8N2/c1-13-9-11-25-18(12-13)27-21(19-16(23)5-2-6-17(19)24)15-8-7-14-4-3-10-26-20(14)22(15)28;11-8-5-1-3-7-4-2-6-10-9(7)8;8-6-2-1-3-7(9)5(6)4-10;1-5-2-3-8-6(7)4-5/h2-12,21,28H,1H3,(H,25,27);1-6,11H;1-4H;2-4H,1H3,(H2,7,8). The molecule has 8 rings (SSSR count). The van der Waals surface area contributed by atoms with Gasteiger partial charge in [-0.25, -0.2) is 18.7 Å². The topological polar surface area (TPSA) is 147 Å². The second-order valence-corrected chi connectivity index (χ2v) is 13.2. The number of phenols is 2. The molecular weight excluding hydrogens is 769 g/mol. The van der Waals surface area contributed by atoms with Crippen molar-refractivity contribution in [3.63, 3.8) is 0 Å². The number of rotatable bonds is 5. The quantitative estimate of drug-likeness (QED) is 0.125. The Morgan fingerprint density at radius 2 is 1.26 bits per heavy atom. The molecule has 4 aromatic heterocycles. The number of nitrogens with zero attached hydrogens (tertiary/aromatic N) is 4. The predicted octanol–water partition coefficient (Wildman–Crippen LogP) is 10.8. The number of carbonyl (C=O) groups excluding carboxylic acids is 1. The number of aldehydes is 1. The molecule has 0 amide bonds. The minimum Gasteiger partial charge on any atom is -0.506 e. The van der Waals surface area contributed by atoms with Crippen LogP contribution in [0.4, 0.5) is 20.4 Å². The van der Waals surface area contributed by atoms with E-state index < -0.39 is 17.7 Å². The van der Waals surface area contributed by atoms with Crippen LogP contribution in [0.5, 0.6) is 11.5 Å². The number of aryl methyl sites for hydroxylation is 2. The lowest BCUT2D eigenvalue weighted by Crippen LogP contribution is -2.16. The Bertz CT molecular complexity index is 2570. The fourth-order valence-corrected chi connectivity index (χ4v) is 5.98. The maximum atomic E-state index is 14.8. The summed E-state index contributed by atoms with van der Waals surface area (Å²) in [6.07, 6.45) is 7.04. The van der Waals surface area contributed by atoms with Crippen LogP contribution in [-0.2, 0) is 0 Å². The van der Waals surface area contributed by atoms with Gasteiger partial charge in [-0.05, 0) is 91.7 Å². The van der Waals surface area contributed by atoms with Crippen LogP contribution in [-0.4, -0.2) is 36.4 Å². The molecule has 13 heteroatoms. The van der Waals surface area contributed by atoms with Crippen LogP contribution in [0.15, 0.2) is 140 Å². The van der Waals surface area contributed by atoms with Gasteiger partial charge >= 0.3 is 0 Å². The normalized spacial score (nSPS) is 10.8. The summed E-state index contributed by atoms with van der Waals surface area (Å²) in [6, 6.07) is 31.7. The summed E-state index contributed by atoms with van der Waals surface area (Å²) in [4.78, 5) is 26.5. The van der Waals surface area contributed by atoms with Crippen LogP contribution in [0.1, 0.15) is 38.7 Å². The summed E-state index contributed by atoms with van der Waals surface area (Å²) in [7, 11) is 0. The molecule has 8 aromatic rings. The lowest BCUT2D eigenvalue weighted by molar-refractivity contribution is 0.112. The van der Waals surface area contributed by atoms with Gasteiger partial charge in [-0.1, -0.05) is 71.7 Å². The van der Waals surface area contributed by atoms with Gasteiger partial charge in [0.25, 0.3) is 0 Å². The fraction of sp³-hybridized carbons (Fsp3) is 0.0682. The first-order valence-corrected chi connectivity index (χ1v) is 18.0. The van der Waals surface area contributed by atoms with E-state index in [0.29, 0.717) is 34.5 Å². The van der Waals surface area contributed by atoms with Crippen molar-refractivity contribution >= 4 is 62.9 Å². The molecule has 288 valence electrons. The van der Waals surface area contributed by atoms with Crippen molar-refractivity contribution in [2.24, 2.45) is 0 Å². The van der Waals surface area contributed by atoms with E-state index in [0.717, 1.165) is 21.9 Å². The number of benzene rings is 4. The Hall–Kier alpha value is -6.69. The summed E-state index contributed by atoms with van der Waals surface area (Å²) >= 11 is 11.8. The van der Waals surface area contributed by atoms with Crippen LogP contribution in [0.3, 0.4) is 0 Å². The number of anilines is 2. The highest BCUT2D eigenvalue weighted by Gasteiger charge is 2.25. The Morgan fingerprint density at radius 3 is 1.84 bits per heavy atom. The molecule has 9 nitrogen and oxygen atoms in total. The smallest absolute Gasteiger partial charge is 0.154 e. The summed E-state index contributed by atoms with van der Waals surface area (Å²) in [5.41, 5.74) is 9.22. The lowest BCUT2D eigenvalue weighted by Gasteiger charge is -2.23. The Balaban J connectivity index is 0.000000173. The fourth-order valence-electron chi connectivity index (χ4n) is 5.50. The predicted molar refractivity (Wildman–Crippen MR) is 223 cm³/mol. The van der Waals surface area contributed by atoms with Crippen LogP contribution >= 0.6 is 23.2 Å². The molecule has 4 heterocycles. The number of hydrogen-bond donors (Lipinski definition) is 4. The van der Waals surface area contributed by atoms with Gasteiger partial charge < -0.3 is 21.3 Å². The van der Waals surface area contributed by atoms with E-state index in [1.54, 1.807) is 61.2 Å². The maximum absolute atomic E-state index is 14.8. The molecule has 0 radical (unpaired) electrons. The second-order valence-electron chi connectivity index (χ2n) is 12.4. The van der Waals surface area contributed by atoms with Crippen molar-refractivity contribution in [2.45, 2.75) is 19.9 Å². The van der Waals surface area contributed by atoms with Gasteiger partial charge in [0.2, 0.25) is 0 Å². The van der Waals surface area contributed by atoms with E-state index in [-0.39, 0.29) is 32.7 Å². The molecule has 0 aliphatic rings. The number of pyridine rings is 4. The average Bonchev–Trinajstić information content (AvgIpc) is 3.19. The maximum Gasteiger partial charge on any atom is 0.154 e. The van der Waals surface area contributed by atoms with E-state index >= 15 is 0 Å². The zero-order valence-electron chi connectivity index (χ0n) is 30.6. The van der Waals surface area contributed by atoms with Crippen LogP contribution in [0, 0.1) is 25.5 Å². The number of carbonyl (C=O) groups is 1. The first-order chi connectivity index (χ1) is 27.5. The van der Waals surface area contributed by atoms with E-state index in [1.165, 1.54) is 24.3 Å². The van der Waals surface area contributed by atoms with Gasteiger partial charge in [-0.3, -0.25) is 14.8 Å².